The summed E-state index contributed by atoms with van der Waals surface area (Å²) in [6.45, 7) is 1.27. The summed E-state index contributed by atoms with van der Waals surface area (Å²) in [4.78, 5) is 0. The van der Waals surface area contributed by atoms with Gasteiger partial charge in [-0.3, -0.25) is 4.72 Å². The summed E-state index contributed by atoms with van der Waals surface area (Å²) in [6, 6.07) is 5.27. The molecular weight excluding hydrogens is 333 g/mol. The molecule has 0 unspecified atom stereocenters. The summed E-state index contributed by atoms with van der Waals surface area (Å²) in [5.41, 5.74) is 0.323. The molecule has 0 aliphatic heterocycles. The minimum absolute atomic E-state index is 0.273. The van der Waals surface area contributed by atoms with Gasteiger partial charge >= 0.3 is 10.2 Å². The summed E-state index contributed by atoms with van der Waals surface area (Å²) < 4.78 is 28.1. The molecule has 1 saturated carbocycles. The second-order valence-electron chi connectivity index (χ2n) is 5.13. The zero-order valence-electron chi connectivity index (χ0n) is 11.8. The summed E-state index contributed by atoms with van der Waals surface area (Å²) in [7, 11) is -2.06. The highest BCUT2D eigenvalue weighted by atomic mass is 35.5. The molecule has 0 aromatic heterocycles. The first-order chi connectivity index (χ1) is 9.88. The van der Waals surface area contributed by atoms with Crippen molar-refractivity contribution in [2.75, 3.05) is 24.9 Å². The summed E-state index contributed by atoms with van der Waals surface area (Å²) >= 11 is 11.8. The van der Waals surface area contributed by atoms with Crippen LogP contribution in [0.25, 0.3) is 0 Å². The second-order valence-corrected chi connectivity index (χ2v) is 7.76. The van der Waals surface area contributed by atoms with Crippen LogP contribution in [-0.2, 0) is 10.2 Å². The number of hydrogen-bond acceptors (Lipinski definition) is 3. The zero-order valence-corrected chi connectivity index (χ0v) is 14.1. The Balaban J connectivity index is 1.86. The molecule has 2 rings (SSSR count). The van der Waals surface area contributed by atoms with Gasteiger partial charge in [-0.1, -0.05) is 23.2 Å². The van der Waals surface area contributed by atoms with Crippen molar-refractivity contribution in [3.8, 4) is 0 Å². The number of halogens is 2. The van der Waals surface area contributed by atoms with E-state index in [4.69, 9.17) is 23.2 Å². The summed E-state index contributed by atoms with van der Waals surface area (Å²) in [6.07, 6.45) is 3.22. The Morgan fingerprint density at radius 1 is 1.33 bits per heavy atom. The number of rotatable bonds is 8. The van der Waals surface area contributed by atoms with Crippen molar-refractivity contribution in [1.29, 1.82) is 0 Å². The van der Waals surface area contributed by atoms with Gasteiger partial charge in [0.15, 0.2) is 0 Å². The van der Waals surface area contributed by atoms with Crippen molar-refractivity contribution in [2.24, 2.45) is 0 Å². The van der Waals surface area contributed by atoms with Crippen LogP contribution in [0.3, 0.4) is 0 Å². The van der Waals surface area contributed by atoms with Crippen LogP contribution in [0.1, 0.15) is 19.3 Å². The molecule has 5 nitrogen and oxygen atoms in total. The molecular formula is C13H19Cl2N3O2S. The Labute approximate surface area is 135 Å². The molecule has 0 spiro atoms. The Morgan fingerprint density at radius 3 is 2.67 bits per heavy atom. The maximum absolute atomic E-state index is 12.2. The first kappa shape index (κ1) is 16.8. The number of anilines is 1. The Hall–Kier alpha value is -0.530. The van der Waals surface area contributed by atoms with Crippen molar-refractivity contribution in [1.82, 2.24) is 9.62 Å². The van der Waals surface area contributed by atoms with Crippen LogP contribution < -0.4 is 10.0 Å². The van der Waals surface area contributed by atoms with Crippen molar-refractivity contribution in [3.63, 3.8) is 0 Å². The lowest BCUT2D eigenvalue weighted by molar-refractivity contribution is 0.458. The van der Waals surface area contributed by atoms with E-state index in [1.807, 2.05) is 0 Å². The lowest BCUT2D eigenvalue weighted by atomic mass is 10.3. The molecule has 1 aromatic carbocycles. The minimum Gasteiger partial charge on any atom is -0.314 e. The highest BCUT2D eigenvalue weighted by Gasteiger charge is 2.21. The maximum Gasteiger partial charge on any atom is 0.301 e. The van der Waals surface area contributed by atoms with Gasteiger partial charge < -0.3 is 5.32 Å². The molecule has 1 fully saturated rings. The van der Waals surface area contributed by atoms with E-state index < -0.39 is 10.2 Å². The highest BCUT2D eigenvalue weighted by Crippen LogP contribution is 2.26. The molecule has 0 saturated heterocycles. The van der Waals surface area contributed by atoms with Gasteiger partial charge in [-0.2, -0.15) is 12.7 Å². The largest absolute Gasteiger partial charge is 0.314 e. The maximum atomic E-state index is 12.2. The van der Waals surface area contributed by atoms with E-state index in [1.54, 1.807) is 19.2 Å². The van der Waals surface area contributed by atoms with E-state index >= 15 is 0 Å². The molecule has 0 atom stereocenters. The van der Waals surface area contributed by atoms with Gasteiger partial charge in [-0.15, -0.1) is 0 Å². The monoisotopic (exact) mass is 351 g/mol. The van der Waals surface area contributed by atoms with Gasteiger partial charge in [0.25, 0.3) is 0 Å². The first-order valence-electron chi connectivity index (χ1n) is 6.81. The van der Waals surface area contributed by atoms with Crippen LogP contribution >= 0.6 is 23.2 Å². The molecule has 118 valence electrons. The topological polar surface area (TPSA) is 61.4 Å². The zero-order chi connectivity index (χ0) is 15.5. The second kappa shape index (κ2) is 7.15. The van der Waals surface area contributed by atoms with Crippen LogP contribution in [0.4, 0.5) is 5.69 Å². The number of hydrogen-bond donors (Lipinski definition) is 2. The van der Waals surface area contributed by atoms with Gasteiger partial charge in [-0.05, 0) is 44.0 Å². The smallest absolute Gasteiger partial charge is 0.301 e. The van der Waals surface area contributed by atoms with Crippen LogP contribution in [0.5, 0.6) is 0 Å². The van der Waals surface area contributed by atoms with Crippen molar-refractivity contribution < 1.29 is 8.42 Å². The quantitative estimate of drug-likeness (QED) is 0.708. The average Bonchev–Trinajstić information content (AvgIpc) is 3.22. The number of nitrogens with one attached hydrogen (secondary N) is 2. The van der Waals surface area contributed by atoms with E-state index in [1.165, 1.54) is 23.2 Å². The minimum atomic E-state index is -3.61. The van der Waals surface area contributed by atoms with Gasteiger partial charge in [0.2, 0.25) is 0 Å². The SMILES string of the molecule is CN(CCCNC1CC1)S(=O)(=O)Nc1ccc(Cl)cc1Cl. The van der Waals surface area contributed by atoms with Crippen molar-refractivity contribution >= 4 is 39.1 Å². The third-order valence-corrected chi connectivity index (χ3v) is 5.27. The molecule has 2 N–H and O–H groups in total. The van der Waals surface area contributed by atoms with E-state index in [0.29, 0.717) is 23.3 Å². The van der Waals surface area contributed by atoms with Crippen molar-refractivity contribution in [3.05, 3.63) is 28.2 Å². The standard InChI is InChI=1S/C13H19Cl2N3O2S/c1-18(8-2-7-16-11-4-5-11)21(19,20)17-13-6-3-10(14)9-12(13)15/h3,6,9,11,16-17H,2,4-5,7-8H2,1H3. The fraction of sp³-hybridized carbons (Fsp3) is 0.538. The third-order valence-electron chi connectivity index (χ3n) is 3.24. The molecule has 8 heteroatoms. The van der Waals surface area contributed by atoms with Crippen LogP contribution in [-0.4, -0.2) is 38.9 Å². The first-order valence-corrected chi connectivity index (χ1v) is 9.00. The van der Waals surface area contributed by atoms with E-state index in [-0.39, 0.29) is 5.02 Å². The predicted octanol–water partition coefficient (Wildman–Crippen LogP) is 2.72. The van der Waals surface area contributed by atoms with Gasteiger partial charge in [0.05, 0.1) is 10.7 Å². The van der Waals surface area contributed by atoms with Crippen molar-refractivity contribution in [2.45, 2.75) is 25.3 Å². The molecule has 0 bridgehead atoms. The Kier molecular flexibility index (Phi) is 5.73. The number of nitrogens with zero attached hydrogens (tertiary/aromatic N) is 1. The Bertz CT molecular complexity index is 591. The molecule has 0 radical (unpaired) electrons. The average molecular weight is 352 g/mol. The lowest BCUT2D eigenvalue weighted by Gasteiger charge is -2.19. The predicted molar refractivity (Wildman–Crippen MR) is 87.3 cm³/mol. The normalized spacial score (nSPS) is 15.4. The third kappa shape index (κ3) is 5.30. The molecule has 0 heterocycles. The van der Waals surface area contributed by atoms with Gasteiger partial charge in [0, 0.05) is 24.7 Å². The molecule has 1 aliphatic rings. The van der Waals surface area contributed by atoms with E-state index in [9.17, 15) is 8.42 Å². The van der Waals surface area contributed by atoms with Gasteiger partial charge in [-0.25, -0.2) is 0 Å². The van der Waals surface area contributed by atoms with E-state index in [0.717, 1.165) is 13.0 Å². The summed E-state index contributed by atoms with van der Waals surface area (Å²) in [5.74, 6) is 0. The summed E-state index contributed by atoms with van der Waals surface area (Å²) in [5, 5.41) is 4.08. The van der Waals surface area contributed by atoms with Crippen LogP contribution in [0.2, 0.25) is 10.0 Å². The fourth-order valence-electron chi connectivity index (χ4n) is 1.80. The lowest BCUT2D eigenvalue weighted by Crippen LogP contribution is -2.34. The van der Waals surface area contributed by atoms with Gasteiger partial charge in [0.1, 0.15) is 0 Å². The molecule has 1 aliphatic carbocycles. The Morgan fingerprint density at radius 2 is 2.05 bits per heavy atom. The molecule has 1 aromatic rings. The highest BCUT2D eigenvalue weighted by molar-refractivity contribution is 7.90. The van der Waals surface area contributed by atoms with E-state index in [2.05, 4.69) is 10.0 Å². The number of benzene rings is 1. The van der Waals surface area contributed by atoms with Crippen LogP contribution in [0, 0.1) is 0 Å². The molecule has 21 heavy (non-hydrogen) atoms. The molecule has 0 amide bonds. The van der Waals surface area contributed by atoms with Crippen LogP contribution in [0.15, 0.2) is 18.2 Å². The fourth-order valence-corrected chi connectivity index (χ4v) is 3.30.